The molecule has 1 saturated carbocycles. The van der Waals surface area contributed by atoms with Crippen molar-refractivity contribution >= 4 is 5.97 Å². The highest BCUT2D eigenvalue weighted by atomic mass is 16.5. The van der Waals surface area contributed by atoms with Gasteiger partial charge in [-0.05, 0) is 44.6 Å². The van der Waals surface area contributed by atoms with Gasteiger partial charge in [-0.1, -0.05) is 6.42 Å². The number of carbonyl (C=O) groups is 1. The van der Waals surface area contributed by atoms with Crippen LogP contribution in [0.25, 0.3) is 0 Å². The molecule has 1 aliphatic carbocycles. The van der Waals surface area contributed by atoms with E-state index in [0.29, 0.717) is 6.10 Å². The van der Waals surface area contributed by atoms with Gasteiger partial charge in [0.15, 0.2) is 0 Å². The lowest BCUT2D eigenvalue weighted by molar-refractivity contribution is -0.148. The molecule has 1 saturated heterocycles. The van der Waals surface area contributed by atoms with E-state index in [9.17, 15) is 4.79 Å². The fourth-order valence-corrected chi connectivity index (χ4v) is 3.67. The monoisotopic (exact) mass is 284 g/mol. The van der Waals surface area contributed by atoms with Gasteiger partial charge in [0.25, 0.3) is 0 Å². The van der Waals surface area contributed by atoms with Crippen molar-refractivity contribution in [3.05, 3.63) is 0 Å². The number of carbonyl (C=O) groups excluding carboxylic acids is 1. The largest absolute Gasteiger partial charge is 0.468 e. The second-order valence-electron chi connectivity index (χ2n) is 6.19. The van der Waals surface area contributed by atoms with Crippen LogP contribution in [-0.4, -0.2) is 56.4 Å². The molecule has 0 radical (unpaired) electrons. The highest BCUT2D eigenvalue weighted by Crippen LogP contribution is 2.37. The quantitative estimate of drug-likeness (QED) is 0.767. The van der Waals surface area contributed by atoms with Crippen LogP contribution in [0, 0.1) is 5.92 Å². The molecule has 0 aromatic rings. The third-order valence-corrected chi connectivity index (χ3v) is 5.10. The molecule has 0 bridgehead atoms. The zero-order valence-corrected chi connectivity index (χ0v) is 12.8. The zero-order chi connectivity index (χ0) is 14.6. The molecule has 2 unspecified atom stereocenters. The Labute approximate surface area is 121 Å². The van der Waals surface area contributed by atoms with Crippen molar-refractivity contribution in [1.82, 2.24) is 4.90 Å². The van der Waals surface area contributed by atoms with Crippen LogP contribution in [0.3, 0.4) is 0 Å². The van der Waals surface area contributed by atoms with Gasteiger partial charge in [-0.3, -0.25) is 4.79 Å². The Kier molecular flexibility index (Phi) is 5.41. The first-order valence-electron chi connectivity index (χ1n) is 7.72. The number of rotatable bonds is 5. The summed E-state index contributed by atoms with van der Waals surface area (Å²) in [6, 6.07) is 0. The topological polar surface area (TPSA) is 64.8 Å². The maximum atomic E-state index is 11.9. The molecule has 5 nitrogen and oxygen atoms in total. The molecule has 0 amide bonds. The number of likely N-dealkylation sites (tertiary alicyclic amines) is 1. The molecule has 2 rings (SSSR count). The molecule has 20 heavy (non-hydrogen) atoms. The minimum absolute atomic E-state index is 0.238. The highest BCUT2D eigenvalue weighted by Gasteiger charge is 2.46. The van der Waals surface area contributed by atoms with Gasteiger partial charge in [0.2, 0.25) is 0 Å². The van der Waals surface area contributed by atoms with E-state index >= 15 is 0 Å². The molecule has 1 heterocycles. The van der Waals surface area contributed by atoms with Gasteiger partial charge in [-0.25, -0.2) is 0 Å². The van der Waals surface area contributed by atoms with Gasteiger partial charge in [-0.15, -0.1) is 0 Å². The summed E-state index contributed by atoms with van der Waals surface area (Å²) < 4.78 is 10.3. The van der Waals surface area contributed by atoms with E-state index in [4.69, 9.17) is 15.2 Å². The fraction of sp³-hybridized carbons (Fsp3) is 0.933. The maximum Gasteiger partial charge on any atom is 0.326 e. The van der Waals surface area contributed by atoms with E-state index < -0.39 is 5.54 Å². The molecule has 116 valence electrons. The van der Waals surface area contributed by atoms with Crippen molar-refractivity contribution in [2.75, 3.05) is 33.9 Å². The van der Waals surface area contributed by atoms with Crippen LogP contribution >= 0.6 is 0 Å². The number of ether oxygens (including phenoxy) is 2. The smallest absolute Gasteiger partial charge is 0.326 e. The Morgan fingerprint density at radius 1 is 1.30 bits per heavy atom. The first-order chi connectivity index (χ1) is 9.60. The lowest BCUT2D eigenvalue weighted by atomic mass is 9.85. The summed E-state index contributed by atoms with van der Waals surface area (Å²) in [5.74, 6) is 0.0215. The number of nitrogens with two attached hydrogens (primary N) is 1. The van der Waals surface area contributed by atoms with E-state index in [1.807, 2.05) is 0 Å². The first-order valence-corrected chi connectivity index (χ1v) is 7.72. The summed E-state index contributed by atoms with van der Waals surface area (Å²) in [5.41, 5.74) is 5.55. The van der Waals surface area contributed by atoms with E-state index in [1.54, 1.807) is 7.11 Å². The first kappa shape index (κ1) is 15.7. The SMILES string of the molecule is COC(=O)C1(N)CCCC1CCN1CCC(OC)CC1. The zero-order valence-electron chi connectivity index (χ0n) is 12.8. The van der Waals surface area contributed by atoms with Gasteiger partial charge < -0.3 is 20.1 Å². The summed E-state index contributed by atoms with van der Waals surface area (Å²) >= 11 is 0. The van der Waals surface area contributed by atoms with E-state index in [1.165, 1.54) is 7.11 Å². The number of nitrogens with zero attached hydrogens (tertiary/aromatic N) is 1. The van der Waals surface area contributed by atoms with Crippen LogP contribution < -0.4 is 5.73 Å². The molecular formula is C15H28N2O3. The van der Waals surface area contributed by atoms with Gasteiger partial charge >= 0.3 is 5.97 Å². The van der Waals surface area contributed by atoms with Gasteiger partial charge in [0, 0.05) is 20.2 Å². The van der Waals surface area contributed by atoms with Gasteiger partial charge in [0.1, 0.15) is 5.54 Å². The van der Waals surface area contributed by atoms with E-state index in [2.05, 4.69) is 4.90 Å². The number of esters is 1. The lowest BCUT2D eigenvalue weighted by Gasteiger charge is -2.34. The number of methoxy groups -OCH3 is 2. The standard InChI is InChI=1S/C15H28N2O3/c1-19-13-6-10-17(11-7-13)9-5-12-4-3-8-15(12,16)14(18)20-2/h12-13H,3-11,16H2,1-2H3. The summed E-state index contributed by atoms with van der Waals surface area (Å²) in [4.78, 5) is 14.4. The van der Waals surface area contributed by atoms with Crippen molar-refractivity contribution in [2.45, 2.75) is 50.2 Å². The predicted molar refractivity (Wildman–Crippen MR) is 77.4 cm³/mol. The van der Waals surface area contributed by atoms with Gasteiger partial charge in [-0.2, -0.15) is 0 Å². The Balaban J connectivity index is 1.80. The minimum Gasteiger partial charge on any atom is -0.468 e. The summed E-state index contributed by atoms with van der Waals surface area (Å²) in [5, 5.41) is 0. The van der Waals surface area contributed by atoms with Gasteiger partial charge in [0.05, 0.1) is 13.2 Å². The van der Waals surface area contributed by atoms with Crippen LogP contribution in [0.1, 0.15) is 38.5 Å². The highest BCUT2D eigenvalue weighted by molar-refractivity contribution is 5.81. The molecule has 2 fully saturated rings. The maximum absolute atomic E-state index is 11.9. The summed E-state index contributed by atoms with van der Waals surface area (Å²) in [7, 11) is 3.22. The van der Waals surface area contributed by atoms with Crippen LogP contribution in [0.5, 0.6) is 0 Å². The van der Waals surface area contributed by atoms with Crippen molar-refractivity contribution in [3.8, 4) is 0 Å². The average molecular weight is 284 g/mol. The summed E-state index contributed by atoms with van der Waals surface area (Å²) in [6.45, 7) is 3.19. The minimum atomic E-state index is -0.750. The van der Waals surface area contributed by atoms with Crippen LogP contribution in [-0.2, 0) is 14.3 Å². The fourth-order valence-electron chi connectivity index (χ4n) is 3.67. The second kappa shape index (κ2) is 6.87. The Morgan fingerprint density at radius 2 is 2.00 bits per heavy atom. The van der Waals surface area contributed by atoms with Crippen molar-refractivity contribution < 1.29 is 14.3 Å². The molecule has 5 heteroatoms. The second-order valence-corrected chi connectivity index (χ2v) is 6.19. The van der Waals surface area contributed by atoms with Crippen molar-refractivity contribution in [1.29, 1.82) is 0 Å². The lowest BCUT2D eigenvalue weighted by Crippen LogP contribution is -2.52. The molecule has 0 aromatic heterocycles. The Morgan fingerprint density at radius 3 is 2.60 bits per heavy atom. The molecule has 0 spiro atoms. The molecule has 2 aliphatic rings. The normalized spacial score (nSPS) is 32.5. The predicted octanol–water partition coefficient (Wildman–Crippen LogP) is 1.16. The average Bonchev–Trinajstić information content (AvgIpc) is 2.87. The molecule has 1 aliphatic heterocycles. The molecule has 2 atom stereocenters. The van der Waals surface area contributed by atoms with Crippen molar-refractivity contribution in [3.63, 3.8) is 0 Å². The van der Waals surface area contributed by atoms with Crippen LogP contribution in [0.2, 0.25) is 0 Å². The Bertz CT molecular complexity index is 329. The number of hydrogen-bond donors (Lipinski definition) is 1. The third-order valence-electron chi connectivity index (χ3n) is 5.10. The molecular weight excluding hydrogens is 256 g/mol. The van der Waals surface area contributed by atoms with Crippen LogP contribution in [0.4, 0.5) is 0 Å². The third kappa shape index (κ3) is 3.32. The van der Waals surface area contributed by atoms with Crippen molar-refractivity contribution in [2.24, 2.45) is 11.7 Å². The number of piperidine rings is 1. The van der Waals surface area contributed by atoms with E-state index in [-0.39, 0.29) is 11.9 Å². The molecule has 0 aromatic carbocycles. The molecule has 2 N–H and O–H groups in total. The number of hydrogen-bond acceptors (Lipinski definition) is 5. The van der Waals surface area contributed by atoms with Crippen LogP contribution in [0.15, 0.2) is 0 Å². The Hall–Kier alpha value is -0.650. The summed E-state index contributed by atoms with van der Waals surface area (Å²) in [6.07, 6.45) is 6.45. The van der Waals surface area contributed by atoms with E-state index in [0.717, 1.165) is 58.2 Å².